The van der Waals surface area contributed by atoms with Crippen molar-refractivity contribution in [3.05, 3.63) is 18.2 Å². The molecule has 2 aliphatic rings. The van der Waals surface area contributed by atoms with Crippen molar-refractivity contribution in [2.24, 2.45) is 0 Å². The molecule has 8 nitrogen and oxygen atoms in total. The molecule has 3 rings (SSSR count). The van der Waals surface area contributed by atoms with Crippen LogP contribution in [0.4, 0.5) is 10.5 Å². The van der Waals surface area contributed by atoms with Crippen LogP contribution in [0.1, 0.15) is 59.8 Å². The van der Waals surface area contributed by atoms with Crippen LogP contribution in [0.3, 0.4) is 0 Å². The van der Waals surface area contributed by atoms with Gasteiger partial charge in [-0.05, 0) is 52.2 Å². The largest absolute Gasteiger partial charge is 0.444 e. The van der Waals surface area contributed by atoms with Crippen molar-refractivity contribution in [2.45, 2.75) is 81.2 Å². The van der Waals surface area contributed by atoms with Crippen molar-refractivity contribution < 1.29 is 22.2 Å². The van der Waals surface area contributed by atoms with Crippen LogP contribution in [-0.2, 0) is 25.6 Å². The van der Waals surface area contributed by atoms with Crippen molar-refractivity contribution in [2.75, 3.05) is 30.4 Å². The van der Waals surface area contributed by atoms with Crippen molar-refractivity contribution >= 4 is 32.6 Å². The standard InChI is InChI=1S/C22H35N3O5S2/c1-5-14-24-16-31(27)20-18(24)11-8-12-19(20)32(28,29)23-13-15-25(17-9-6-7-10-17)21(26)30-22(2,3)4/h8,11-12,17,23H,5-7,9-10,13-16H2,1-4H3. The molecule has 180 valence electrons. The Balaban J connectivity index is 1.73. The average molecular weight is 486 g/mol. The minimum absolute atomic E-state index is 0.0524. The average Bonchev–Trinajstić information content (AvgIpc) is 3.33. The maximum absolute atomic E-state index is 13.1. The summed E-state index contributed by atoms with van der Waals surface area (Å²) in [5.41, 5.74) is 0.0984. The number of fused-ring (bicyclic) bond motifs is 1. The fourth-order valence-corrected chi connectivity index (χ4v) is 7.39. The summed E-state index contributed by atoms with van der Waals surface area (Å²) >= 11 is 0. The van der Waals surface area contributed by atoms with Gasteiger partial charge in [-0.3, -0.25) is 4.21 Å². The first-order valence-corrected chi connectivity index (χ1v) is 14.1. The summed E-state index contributed by atoms with van der Waals surface area (Å²) in [4.78, 5) is 16.8. The van der Waals surface area contributed by atoms with Crippen LogP contribution in [0.5, 0.6) is 0 Å². The van der Waals surface area contributed by atoms with Gasteiger partial charge >= 0.3 is 6.09 Å². The Labute approximate surface area is 194 Å². The SMILES string of the molecule is CCCN1CS(=O)c2c1cccc2S(=O)(=O)NCCN(C(=O)OC(C)(C)C)C1CCCC1. The van der Waals surface area contributed by atoms with Crippen LogP contribution in [0.25, 0.3) is 0 Å². The third-order valence-corrected chi connectivity index (χ3v) is 8.68. The zero-order chi connectivity index (χ0) is 23.5. The maximum Gasteiger partial charge on any atom is 0.410 e. The molecule has 1 saturated carbocycles. The second kappa shape index (κ2) is 10.1. The van der Waals surface area contributed by atoms with Gasteiger partial charge in [0.05, 0.1) is 27.3 Å². The number of anilines is 1. The monoisotopic (exact) mass is 485 g/mol. The van der Waals surface area contributed by atoms with Gasteiger partial charge in [0.2, 0.25) is 10.0 Å². The molecule has 0 spiro atoms. The Bertz CT molecular complexity index is 953. The number of sulfonamides is 1. The Morgan fingerprint density at radius 1 is 1.28 bits per heavy atom. The zero-order valence-electron chi connectivity index (χ0n) is 19.4. The number of carbonyl (C=O) groups is 1. The highest BCUT2D eigenvalue weighted by molar-refractivity contribution is 7.91. The summed E-state index contributed by atoms with van der Waals surface area (Å²) < 4.78 is 47.1. The minimum Gasteiger partial charge on any atom is -0.444 e. The van der Waals surface area contributed by atoms with Crippen LogP contribution in [0, 0.1) is 0 Å². The zero-order valence-corrected chi connectivity index (χ0v) is 21.1. The fraction of sp³-hybridized carbons (Fsp3) is 0.682. The van der Waals surface area contributed by atoms with Gasteiger partial charge in [-0.25, -0.2) is 17.9 Å². The second-order valence-corrected chi connectivity index (χ2v) is 12.4. The van der Waals surface area contributed by atoms with Gasteiger partial charge < -0.3 is 14.5 Å². The van der Waals surface area contributed by atoms with Gasteiger partial charge in [0.1, 0.15) is 10.5 Å². The normalized spacial score (nSPS) is 19.2. The van der Waals surface area contributed by atoms with E-state index < -0.39 is 32.5 Å². The Kier molecular flexibility index (Phi) is 7.88. The lowest BCUT2D eigenvalue weighted by atomic mass is 10.2. The number of amides is 1. The number of hydrogen-bond acceptors (Lipinski definition) is 6. The highest BCUT2D eigenvalue weighted by Crippen LogP contribution is 2.36. The first-order chi connectivity index (χ1) is 15.0. The Hall–Kier alpha value is -1.65. The molecule has 1 aliphatic carbocycles. The first kappa shape index (κ1) is 25.0. The molecule has 1 aromatic carbocycles. The van der Waals surface area contributed by atoms with E-state index in [1.54, 1.807) is 11.0 Å². The third kappa shape index (κ3) is 5.82. The number of nitrogens with one attached hydrogen (secondary N) is 1. The van der Waals surface area contributed by atoms with E-state index in [0.29, 0.717) is 10.8 Å². The third-order valence-electron chi connectivity index (χ3n) is 5.62. The van der Waals surface area contributed by atoms with Crippen LogP contribution >= 0.6 is 0 Å². The molecular weight excluding hydrogens is 450 g/mol. The molecule has 1 amide bonds. The quantitative estimate of drug-likeness (QED) is 0.606. The first-order valence-electron chi connectivity index (χ1n) is 11.3. The van der Waals surface area contributed by atoms with Crippen molar-refractivity contribution in [1.82, 2.24) is 9.62 Å². The fourth-order valence-electron chi connectivity index (χ4n) is 4.26. The number of carbonyl (C=O) groups excluding carboxylic acids is 1. The van der Waals surface area contributed by atoms with Crippen LogP contribution in [0.2, 0.25) is 0 Å². The number of hydrogen-bond donors (Lipinski definition) is 1. The van der Waals surface area contributed by atoms with E-state index in [9.17, 15) is 17.4 Å². The van der Waals surface area contributed by atoms with E-state index in [1.165, 1.54) is 6.07 Å². The molecular formula is C22H35N3O5S2. The van der Waals surface area contributed by atoms with E-state index in [2.05, 4.69) is 4.72 Å². The predicted molar refractivity (Wildman–Crippen MR) is 126 cm³/mol. The number of nitrogens with zero attached hydrogens (tertiary/aromatic N) is 2. The lowest BCUT2D eigenvalue weighted by Gasteiger charge is -2.31. The predicted octanol–water partition coefficient (Wildman–Crippen LogP) is 3.44. The van der Waals surface area contributed by atoms with E-state index in [0.717, 1.165) is 44.3 Å². The van der Waals surface area contributed by atoms with Crippen molar-refractivity contribution in [3.63, 3.8) is 0 Å². The van der Waals surface area contributed by atoms with Crippen molar-refractivity contribution in [3.8, 4) is 0 Å². The molecule has 1 fully saturated rings. The van der Waals surface area contributed by atoms with Gasteiger partial charge in [-0.2, -0.15) is 0 Å². The molecule has 0 aromatic heterocycles. The van der Waals surface area contributed by atoms with E-state index >= 15 is 0 Å². The molecule has 32 heavy (non-hydrogen) atoms. The summed E-state index contributed by atoms with van der Waals surface area (Å²) in [6.45, 7) is 8.49. The Morgan fingerprint density at radius 3 is 2.59 bits per heavy atom. The summed E-state index contributed by atoms with van der Waals surface area (Å²) in [5.74, 6) is 0.309. The summed E-state index contributed by atoms with van der Waals surface area (Å²) in [7, 11) is -5.29. The van der Waals surface area contributed by atoms with Crippen LogP contribution < -0.4 is 9.62 Å². The smallest absolute Gasteiger partial charge is 0.410 e. The van der Waals surface area contributed by atoms with Gasteiger partial charge in [-0.1, -0.05) is 25.8 Å². The van der Waals surface area contributed by atoms with Crippen LogP contribution in [0.15, 0.2) is 28.0 Å². The lowest BCUT2D eigenvalue weighted by Crippen LogP contribution is -2.46. The minimum atomic E-state index is -3.89. The summed E-state index contributed by atoms with van der Waals surface area (Å²) in [5, 5.41) is 0. The van der Waals surface area contributed by atoms with Gasteiger partial charge in [-0.15, -0.1) is 0 Å². The molecule has 1 N–H and O–H groups in total. The van der Waals surface area contributed by atoms with E-state index in [4.69, 9.17) is 4.74 Å². The molecule has 1 aliphatic heterocycles. The second-order valence-electron chi connectivity index (χ2n) is 9.35. The molecule has 1 atom stereocenters. The molecule has 10 heteroatoms. The number of ether oxygens (including phenoxy) is 1. The van der Waals surface area contributed by atoms with Crippen LogP contribution in [-0.4, -0.2) is 60.8 Å². The topological polar surface area (TPSA) is 96.0 Å². The highest BCUT2D eigenvalue weighted by Gasteiger charge is 2.33. The Morgan fingerprint density at radius 2 is 1.97 bits per heavy atom. The molecule has 0 radical (unpaired) electrons. The van der Waals surface area contributed by atoms with E-state index in [-0.39, 0.29) is 24.0 Å². The van der Waals surface area contributed by atoms with Gasteiger partial charge in [0, 0.05) is 25.7 Å². The summed E-state index contributed by atoms with van der Waals surface area (Å²) in [6, 6.07) is 5.06. The van der Waals surface area contributed by atoms with Gasteiger partial charge in [0.25, 0.3) is 0 Å². The number of benzene rings is 1. The molecule has 0 saturated heterocycles. The van der Waals surface area contributed by atoms with Gasteiger partial charge in [0.15, 0.2) is 0 Å². The highest BCUT2D eigenvalue weighted by atomic mass is 32.2. The van der Waals surface area contributed by atoms with E-state index in [1.807, 2.05) is 38.7 Å². The number of rotatable bonds is 8. The summed E-state index contributed by atoms with van der Waals surface area (Å²) in [6.07, 6.45) is 4.35. The molecule has 1 aromatic rings. The lowest BCUT2D eigenvalue weighted by molar-refractivity contribution is 0.0170. The maximum atomic E-state index is 13.1. The molecule has 1 heterocycles. The van der Waals surface area contributed by atoms with Crippen molar-refractivity contribution in [1.29, 1.82) is 0 Å². The molecule has 1 unspecified atom stereocenters. The molecule has 0 bridgehead atoms.